The number of carbonyl (C=O) groups is 4. The maximum Gasteiger partial charge on any atom is 0.262 e. The molecule has 28 heavy (non-hydrogen) atoms. The average molecular weight is 384 g/mol. The number of nitrogens with one attached hydrogen (secondary N) is 1. The van der Waals surface area contributed by atoms with Gasteiger partial charge in [0, 0.05) is 25.6 Å². The molecule has 3 aliphatic heterocycles. The van der Waals surface area contributed by atoms with Gasteiger partial charge < -0.3 is 5.73 Å². The number of carbonyl (C=O) groups excluding carboxylic acids is 4. The van der Waals surface area contributed by atoms with Crippen molar-refractivity contribution in [1.82, 2.24) is 15.1 Å². The van der Waals surface area contributed by atoms with Crippen molar-refractivity contribution < 1.29 is 19.2 Å². The molecule has 0 aromatic heterocycles. The lowest BCUT2D eigenvalue weighted by molar-refractivity contribution is -0.136. The molecular weight excluding hydrogens is 360 g/mol. The van der Waals surface area contributed by atoms with Crippen LogP contribution in [-0.4, -0.2) is 58.6 Å². The largest absolute Gasteiger partial charge is 0.330 e. The van der Waals surface area contributed by atoms with Crippen LogP contribution in [0, 0.1) is 5.92 Å². The molecule has 1 aromatic carbocycles. The maximum absolute atomic E-state index is 12.9. The fraction of sp³-hybridized carbons (Fsp3) is 0.500. The number of rotatable bonds is 4. The van der Waals surface area contributed by atoms with Gasteiger partial charge in [-0.05, 0) is 49.9 Å². The third kappa shape index (κ3) is 3.12. The molecule has 148 valence electrons. The summed E-state index contributed by atoms with van der Waals surface area (Å²) >= 11 is 0. The molecule has 8 heteroatoms. The number of likely N-dealkylation sites (tertiary alicyclic amines) is 1. The van der Waals surface area contributed by atoms with Gasteiger partial charge in [0.1, 0.15) is 6.04 Å². The number of imide groups is 2. The number of hydrogen-bond donors (Lipinski definition) is 2. The third-order valence-electron chi connectivity index (χ3n) is 6.01. The number of benzene rings is 1. The van der Waals surface area contributed by atoms with Crippen molar-refractivity contribution in [2.75, 3.05) is 13.1 Å². The fourth-order valence-electron chi connectivity index (χ4n) is 4.46. The van der Waals surface area contributed by atoms with Crippen molar-refractivity contribution in [2.45, 2.75) is 44.8 Å². The molecule has 8 nitrogen and oxygen atoms in total. The Morgan fingerprint density at radius 3 is 2.57 bits per heavy atom. The Kier molecular flexibility index (Phi) is 4.76. The van der Waals surface area contributed by atoms with E-state index < -0.39 is 23.8 Å². The molecule has 0 aliphatic carbocycles. The lowest BCUT2D eigenvalue weighted by atomic mass is 10.0. The highest BCUT2D eigenvalue weighted by Crippen LogP contribution is 2.30. The molecule has 0 bridgehead atoms. The molecule has 1 aromatic rings. The summed E-state index contributed by atoms with van der Waals surface area (Å²) in [5.41, 5.74) is 7.39. The molecule has 4 amide bonds. The standard InChI is InChI=1S/C20H24N4O4/c1-11-6-13(8-21)10-23(11)9-12-2-3-14-15(7-12)20(28)24(19(14)27)16-4-5-17(25)22-18(16)26/h2-3,7,11,13,16H,4-6,8-10,21H2,1H3,(H,22,25,26). The first-order chi connectivity index (χ1) is 13.4. The third-order valence-corrected chi connectivity index (χ3v) is 6.01. The first-order valence-electron chi connectivity index (χ1n) is 9.67. The molecule has 0 saturated carbocycles. The van der Waals surface area contributed by atoms with Gasteiger partial charge in [-0.3, -0.25) is 34.3 Å². The summed E-state index contributed by atoms with van der Waals surface area (Å²) in [5.74, 6) is -1.43. The first kappa shape index (κ1) is 18.8. The summed E-state index contributed by atoms with van der Waals surface area (Å²) in [6, 6.07) is 4.76. The highest BCUT2D eigenvalue weighted by Gasteiger charge is 2.44. The van der Waals surface area contributed by atoms with Crippen LogP contribution < -0.4 is 11.1 Å². The molecule has 4 rings (SSSR count). The molecule has 0 spiro atoms. The molecule has 2 saturated heterocycles. The van der Waals surface area contributed by atoms with Gasteiger partial charge >= 0.3 is 0 Å². The van der Waals surface area contributed by atoms with Crippen molar-refractivity contribution in [2.24, 2.45) is 11.7 Å². The van der Waals surface area contributed by atoms with E-state index >= 15 is 0 Å². The van der Waals surface area contributed by atoms with Gasteiger partial charge in [-0.25, -0.2) is 0 Å². The monoisotopic (exact) mass is 384 g/mol. The molecule has 3 aliphatic rings. The summed E-state index contributed by atoms with van der Waals surface area (Å²) in [4.78, 5) is 52.5. The summed E-state index contributed by atoms with van der Waals surface area (Å²) in [6.07, 6.45) is 1.33. The van der Waals surface area contributed by atoms with Crippen LogP contribution in [-0.2, 0) is 16.1 Å². The van der Waals surface area contributed by atoms with Gasteiger partial charge in [0.2, 0.25) is 11.8 Å². The Bertz CT molecular complexity index is 868. The van der Waals surface area contributed by atoms with Crippen LogP contribution in [0.5, 0.6) is 0 Å². The molecule has 3 unspecified atom stereocenters. The van der Waals surface area contributed by atoms with E-state index in [4.69, 9.17) is 5.73 Å². The summed E-state index contributed by atoms with van der Waals surface area (Å²) in [6.45, 7) is 4.44. The van der Waals surface area contributed by atoms with Crippen molar-refractivity contribution >= 4 is 23.6 Å². The van der Waals surface area contributed by atoms with Gasteiger partial charge in [-0.1, -0.05) is 6.07 Å². The number of amides is 4. The fourth-order valence-corrected chi connectivity index (χ4v) is 4.46. The lowest BCUT2D eigenvalue weighted by Crippen LogP contribution is -2.54. The second-order valence-electron chi connectivity index (χ2n) is 7.94. The normalized spacial score (nSPS) is 28.1. The van der Waals surface area contributed by atoms with E-state index in [-0.39, 0.29) is 18.7 Å². The minimum absolute atomic E-state index is 0.115. The number of piperidine rings is 1. The number of fused-ring (bicyclic) bond motifs is 1. The smallest absolute Gasteiger partial charge is 0.262 e. The highest BCUT2D eigenvalue weighted by atomic mass is 16.2. The Morgan fingerprint density at radius 2 is 1.89 bits per heavy atom. The lowest BCUT2D eigenvalue weighted by Gasteiger charge is -2.27. The van der Waals surface area contributed by atoms with Crippen LogP contribution in [0.15, 0.2) is 18.2 Å². The zero-order valence-corrected chi connectivity index (χ0v) is 15.8. The molecule has 2 fully saturated rings. The molecular formula is C20H24N4O4. The predicted molar refractivity (Wildman–Crippen MR) is 100 cm³/mol. The number of nitrogens with zero attached hydrogens (tertiary/aromatic N) is 2. The summed E-state index contributed by atoms with van der Waals surface area (Å²) in [5, 5.41) is 2.21. The average Bonchev–Trinajstić information content (AvgIpc) is 3.13. The highest BCUT2D eigenvalue weighted by molar-refractivity contribution is 6.23. The van der Waals surface area contributed by atoms with Crippen LogP contribution in [0.3, 0.4) is 0 Å². The van der Waals surface area contributed by atoms with Gasteiger partial charge in [0.15, 0.2) is 0 Å². The molecule has 3 atom stereocenters. The van der Waals surface area contributed by atoms with E-state index in [2.05, 4.69) is 17.1 Å². The van der Waals surface area contributed by atoms with E-state index in [1.54, 1.807) is 12.1 Å². The second kappa shape index (κ2) is 7.10. The van der Waals surface area contributed by atoms with Crippen LogP contribution in [0.4, 0.5) is 0 Å². The van der Waals surface area contributed by atoms with E-state index in [0.29, 0.717) is 36.2 Å². The zero-order chi connectivity index (χ0) is 20.0. The molecule has 3 N–H and O–H groups in total. The van der Waals surface area contributed by atoms with Crippen LogP contribution in [0.2, 0.25) is 0 Å². The van der Waals surface area contributed by atoms with Crippen LogP contribution in [0.1, 0.15) is 52.5 Å². The number of hydrogen-bond acceptors (Lipinski definition) is 6. The van der Waals surface area contributed by atoms with E-state index in [9.17, 15) is 19.2 Å². The van der Waals surface area contributed by atoms with Crippen LogP contribution >= 0.6 is 0 Å². The predicted octanol–water partition coefficient (Wildman–Crippen LogP) is 0.257. The van der Waals surface area contributed by atoms with E-state index in [1.165, 1.54) is 0 Å². The zero-order valence-electron chi connectivity index (χ0n) is 15.8. The van der Waals surface area contributed by atoms with Crippen LogP contribution in [0.25, 0.3) is 0 Å². The summed E-state index contributed by atoms with van der Waals surface area (Å²) < 4.78 is 0. The van der Waals surface area contributed by atoms with Crippen molar-refractivity contribution in [1.29, 1.82) is 0 Å². The Balaban J connectivity index is 1.54. The Morgan fingerprint density at radius 1 is 1.14 bits per heavy atom. The molecule has 3 heterocycles. The van der Waals surface area contributed by atoms with E-state index in [1.807, 2.05) is 6.07 Å². The van der Waals surface area contributed by atoms with Crippen molar-refractivity contribution in [3.8, 4) is 0 Å². The van der Waals surface area contributed by atoms with Gasteiger partial charge in [0.05, 0.1) is 11.1 Å². The van der Waals surface area contributed by atoms with Gasteiger partial charge in [-0.15, -0.1) is 0 Å². The maximum atomic E-state index is 12.9. The minimum Gasteiger partial charge on any atom is -0.330 e. The minimum atomic E-state index is -0.933. The SMILES string of the molecule is CC1CC(CN)CN1Cc1ccc2c(c1)C(=O)N(C1CCC(=O)NC1=O)C2=O. The Hall–Kier alpha value is -2.58. The summed E-state index contributed by atoms with van der Waals surface area (Å²) in [7, 11) is 0. The second-order valence-corrected chi connectivity index (χ2v) is 7.94. The molecule has 0 radical (unpaired) electrons. The van der Waals surface area contributed by atoms with E-state index in [0.717, 1.165) is 23.4 Å². The van der Waals surface area contributed by atoms with Gasteiger partial charge in [-0.2, -0.15) is 0 Å². The first-order valence-corrected chi connectivity index (χ1v) is 9.67. The van der Waals surface area contributed by atoms with Crippen molar-refractivity contribution in [3.63, 3.8) is 0 Å². The van der Waals surface area contributed by atoms with Gasteiger partial charge in [0.25, 0.3) is 11.8 Å². The number of nitrogens with two attached hydrogens (primary N) is 1. The quantitative estimate of drug-likeness (QED) is 0.720. The Labute approximate surface area is 163 Å². The van der Waals surface area contributed by atoms with Crippen molar-refractivity contribution in [3.05, 3.63) is 34.9 Å². The topological polar surface area (TPSA) is 113 Å².